The van der Waals surface area contributed by atoms with Crippen LogP contribution >= 0.6 is 11.6 Å². The van der Waals surface area contributed by atoms with Crippen molar-refractivity contribution >= 4 is 21.6 Å². The van der Waals surface area contributed by atoms with Crippen LogP contribution in [-0.4, -0.2) is 30.9 Å². The number of nitrogens with zero attached hydrogens (tertiary/aromatic N) is 1. The van der Waals surface area contributed by atoms with Gasteiger partial charge < -0.3 is 5.11 Å². The summed E-state index contributed by atoms with van der Waals surface area (Å²) in [5, 5.41) is 8.92. The highest BCUT2D eigenvalue weighted by atomic mass is 35.5. The minimum absolute atomic E-state index is 0.0821. The van der Waals surface area contributed by atoms with Gasteiger partial charge in [0.1, 0.15) is 5.82 Å². The van der Waals surface area contributed by atoms with E-state index < -0.39 is 22.4 Å². The quantitative estimate of drug-likeness (QED) is 0.920. The van der Waals surface area contributed by atoms with Crippen LogP contribution in [0.1, 0.15) is 31.7 Å². The van der Waals surface area contributed by atoms with Crippen LogP contribution in [0.5, 0.6) is 0 Å². The molecular formula is C14H19ClFNO3S. The van der Waals surface area contributed by atoms with E-state index in [1.54, 1.807) is 0 Å². The molecule has 0 radical (unpaired) electrons. The van der Waals surface area contributed by atoms with Gasteiger partial charge in [-0.15, -0.1) is 0 Å². The molecule has 1 heterocycles. The summed E-state index contributed by atoms with van der Waals surface area (Å²) in [6.07, 6.45) is 2.68. The van der Waals surface area contributed by atoms with Crippen LogP contribution in [-0.2, 0) is 16.6 Å². The molecule has 1 N–H and O–H groups in total. The van der Waals surface area contributed by atoms with Gasteiger partial charge in [0.25, 0.3) is 0 Å². The molecule has 1 aliphatic rings. The predicted molar refractivity (Wildman–Crippen MR) is 79.1 cm³/mol. The van der Waals surface area contributed by atoms with Crippen LogP contribution in [0.3, 0.4) is 0 Å². The molecule has 2 rings (SSSR count). The van der Waals surface area contributed by atoms with Gasteiger partial charge in [-0.25, -0.2) is 12.8 Å². The van der Waals surface area contributed by atoms with E-state index in [2.05, 4.69) is 6.92 Å². The number of aliphatic hydroxyl groups is 1. The van der Waals surface area contributed by atoms with Crippen molar-refractivity contribution in [2.24, 2.45) is 5.92 Å². The van der Waals surface area contributed by atoms with Crippen LogP contribution in [0.4, 0.5) is 4.39 Å². The van der Waals surface area contributed by atoms with Crippen LogP contribution < -0.4 is 0 Å². The second-order valence-corrected chi connectivity index (χ2v) is 7.61. The summed E-state index contributed by atoms with van der Waals surface area (Å²) in [5.74, 6) is -0.281. The van der Waals surface area contributed by atoms with E-state index in [1.165, 1.54) is 10.4 Å². The molecule has 21 heavy (non-hydrogen) atoms. The molecule has 1 fully saturated rings. The first-order valence-electron chi connectivity index (χ1n) is 6.99. The summed E-state index contributed by atoms with van der Waals surface area (Å²) in [7, 11) is -3.74. The number of hydrogen-bond donors (Lipinski definition) is 1. The van der Waals surface area contributed by atoms with E-state index in [0.29, 0.717) is 19.0 Å². The summed E-state index contributed by atoms with van der Waals surface area (Å²) in [4.78, 5) is -0.150. The van der Waals surface area contributed by atoms with Gasteiger partial charge in [-0.05, 0) is 30.9 Å². The molecule has 0 atom stereocenters. The third-order valence-electron chi connectivity index (χ3n) is 4.04. The van der Waals surface area contributed by atoms with Crippen LogP contribution in [0, 0.1) is 11.7 Å². The van der Waals surface area contributed by atoms with Crippen molar-refractivity contribution in [1.29, 1.82) is 0 Å². The Morgan fingerprint density at radius 2 is 2.00 bits per heavy atom. The summed E-state index contributed by atoms with van der Waals surface area (Å²) in [6.45, 7) is 2.48. The maximum absolute atomic E-state index is 13.7. The molecule has 0 aromatic heterocycles. The van der Waals surface area contributed by atoms with Gasteiger partial charge in [0.05, 0.1) is 16.5 Å². The second-order valence-electron chi connectivity index (χ2n) is 5.29. The summed E-state index contributed by atoms with van der Waals surface area (Å²) >= 11 is 5.70. The Morgan fingerprint density at radius 3 is 2.52 bits per heavy atom. The number of sulfonamides is 1. The van der Waals surface area contributed by atoms with Crippen molar-refractivity contribution in [2.45, 2.75) is 37.7 Å². The minimum atomic E-state index is -3.74. The van der Waals surface area contributed by atoms with Crippen molar-refractivity contribution in [2.75, 3.05) is 13.1 Å². The molecule has 4 nitrogen and oxygen atoms in total. The molecule has 7 heteroatoms. The normalized spacial score (nSPS) is 18.1. The van der Waals surface area contributed by atoms with Crippen molar-refractivity contribution in [3.8, 4) is 0 Å². The number of benzene rings is 1. The Hall–Kier alpha value is -0.690. The lowest BCUT2D eigenvalue weighted by Gasteiger charge is -2.30. The number of halogens is 2. The Morgan fingerprint density at radius 1 is 1.38 bits per heavy atom. The molecule has 0 amide bonds. The van der Waals surface area contributed by atoms with E-state index >= 15 is 0 Å². The summed E-state index contributed by atoms with van der Waals surface area (Å²) < 4.78 is 40.2. The highest BCUT2D eigenvalue weighted by molar-refractivity contribution is 7.89. The van der Waals surface area contributed by atoms with Gasteiger partial charge in [-0.2, -0.15) is 4.31 Å². The smallest absolute Gasteiger partial charge is 0.243 e. The first-order chi connectivity index (χ1) is 9.90. The topological polar surface area (TPSA) is 57.6 Å². The fraction of sp³-hybridized carbons (Fsp3) is 0.571. The van der Waals surface area contributed by atoms with Crippen LogP contribution in [0.2, 0.25) is 5.02 Å². The lowest BCUT2D eigenvalue weighted by Crippen LogP contribution is -2.38. The van der Waals surface area contributed by atoms with E-state index in [0.717, 1.165) is 25.3 Å². The van der Waals surface area contributed by atoms with Gasteiger partial charge in [-0.3, -0.25) is 0 Å². The van der Waals surface area contributed by atoms with E-state index in [1.807, 2.05) is 0 Å². The van der Waals surface area contributed by atoms with Gasteiger partial charge in [0, 0.05) is 18.7 Å². The van der Waals surface area contributed by atoms with Crippen LogP contribution in [0.25, 0.3) is 0 Å². The number of hydrogen-bond acceptors (Lipinski definition) is 3. The molecule has 0 saturated carbocycles. The maximum atomic E-state index is 13.7. The zero-order valence-electron chi connectivity index (χ0n) is 11.8. The number of piperidine rings is 1. The van der Waals surface area contributed by atoms with E-state index in [9.17, 15) is 12.8 Å². The number of aliphatic hydroxyl groups excluding tert-OH is 1. The molecular weight excluding hydrogens is 317 g/mol. The molecule has 0 bridgehead atoms. The average Bonchev–Trinajstić information content (AvgIpc) is 2.49. The van der Waals surface area contributed by atoms with Gasteiger partial charge in [-0.1, -0.05) is 24.9 Å². The molecule has 1 aromatic rings. The molecule has 118 valence electrons. The molecule has 0 spiro atoms. The summed E-state index contributed by atoms with van der Waals surface area (Å²) in [6, 6.07) is 2.16. The molecule has 1 aliphatic heterocycles. The van der Waals surface area contributed by atoms with Gasteiger partial charge in [0.2, 0.25) is 10.0 Å². The molecule has 1 saturated heterocycles. The SMILES string of the molecule is CCC1CCN(S(=O)(=O)c2cc(F)c(Cl)c(CO)c2)CC1. The maximum Gasteiger partial charge on any atom is 0.243 e. The third kappa shape index (κ3) is 3.39. The first-order valence-corrected chi connectivity index (χ1v) is 8.80. The standard InChI is InChI=1S/C14H19ClFNO3S/c1-2-10-3-5-17(6-4-10)21(19,20)12-7-11(9-18)14(15)13(16)8-12/h7-8,10,18H,2-6,9H2,1H3. The predicted octanol–water partition coefficient (Wildman–Crippen LogP) is 2.78. The molecule has 1 aromatic carbocycles. The monoisotopic (exact) mass is 335 g/mol. The third-order valence-corrected chi connectivity index (χ3v) is 6.34. The molecule has 0 aliphatic carbocycles. The van der Waals surface area contributed by atoms with Crippen molar-refractivity contribution in [3.05, 3.63) is 28.5 Å². The second kappa shape index (κ2) is 6.60. The fourth-order valence-corrected chi connectivity index (χ4v) is 4.29. The highest BCUT2D eigenvalue weighted by Crippen LogP contribution is 2.29. The van der Waals surface area contributed by atoms with Crippen molar-refractivity contribution < 1.29 is 17.9 Å². The zero-order chi connectivity index (χ0) is 15.6. The lowest BCUT2D eigenvalue weighted by molar-refractivity contribution is 0.268. The Labute approximate surface area is 129 Å². The van der Waals surface area contributed by atoms with Crippen LogP contribution in [0.15, 0.2) is 17.0 Å². The van der Waals surface area contributed by atoms with Crippen molar-refractivity contribution in [1.82, 2.24) is 4.31 Å². The Bertz CT molecular complexity index is 613. The lowest BCUT2D eigenvalue weighted by atomic mass is 9.96. The summed E-state index contributed by atoms with van der Waals surface area (Å²) in [5.41, 5.74) is 0.0821. The Balaban J connectivity index is 2.30. The van der Waals surface area contributed by atoms with E-state index in [-0.39, 0.29) is 15.5 Å². The number of rotatable bonds is 4. The first kappa shape index (κ1) is 16.7. The van der Waals surface area contributed by atoms with Gasteiger partial charge >= 0.3 is 0 Å². The minimum Gasteiger partial charge on any atom is -0.392 e. The Kier molecular flexibility index (Phi) is 5.24. The van der Waals surface area contributed by atoms with E-state index in [4.69, 9.17) is 16.7 Å². The van der Waals surface area contributed by atoms with Crippen molar-refractivity contribution in [3.63, 3.8) is 0 Å². The fourth-order valence-electron chi connectivity index (χ4n) is 2.59. The van der Waals surface area contributed by atoms with Gasteiger partial charge in [0.15, 0.2) is 0 Å². The zero-order valence-corrected chi connectivity index (χ0v) is 13.4. The highest BCUT2D eigenvalue weighted by Gasteiger charge is 2.30. The molecule has 0 unspecified atom stereocenters. The largest absolute Gasteiger partial charge is 0.392 e. The average molecular weight is 336 g/mol.